The second-order valence-corrected chi connectivity index (χ2v) is 6.05. The van der Waals surface area contributed by atoms with Crippen LogP contribution in [0, 0.1) is 5.82 Å². The van der Waals surface area contributed by atoms with E-state index in [9.17, 15) is 14.3 Å². The van der Waals surface area contributed by atoms with Crippen molar-refractivity contribution in [1.29, 1.82) is 0 Å². The molecular weight excluding hydrogens is 309 g/mol. The number of aliphatic hydroxyl groups is 1. The third-order valence-electron chi connectivity index (χ3n) is 4.26. The molecule has 4 nitrogen and oxygen atoms in total. The number of β-amino-alcohol motifs (C(OH)–C–C–N with tert-alkyl or cyclic N) is 1. The lowest BCUT2D eigenvalue weighted by atomic mass is 10.0. The van der Waals surface area contributed by atoms with Crippen molar-refractivity contribution in [3.63, 3.8) is 0 Å². The van der Waals surface area contributed by atoms with E-state index in [4.69, 9.17) is 4.74 Å². The number of halogens is 1. The van der Waals surface area contributed by atoms with E-state index in [1.807, 2.05) is 12.1 Å². The van der Waals surface area contributed by atoms with Crippen molar-refractivity contribution in [2.45, 2.75) is 25.2 Å². The molecule has 0 radical (unpaired) electrons. The van der Waals surface area contributed by atoms with Crippen molar-refractivity contribution in [2.75, 3.05) is 13.7 Å². The first-order valence-electron chi connectivity index (χ1n) is 7.91. The number of carbonyl (C=O) groups is 1. The molecule has 2 atom stereocenters. The Kier molecular flexibility index (Phi) is 4.92. The van der Waals surface area contributed by atoms with E-state index in [0.717, 1.165) is 5.56 Å². The Morgan fingerprint density at radius 3 is 2.83 bits per heavy atom. The minimum absolute atomic E-state index is 0.168. The molecule has 0 aliphatic carbocycles. The van der Waals surface area contributed by atoms with Gasteiger partial charge in [-0.1, -0.05) is 24.3 Å². The van der Waals surface area contributed by atoms with Crippen LogP contribution in [0.25, 0.3) is 0 Å². The molecule has 0 bridgehead atoms. The molecule has 3 rings (SSSR count). The number of aliphatic hydroxyl groups excluding tert-OH is 1. The van der Waals surface area contributed by atoms with Crippen molar-refractivity contribution in [1.82, 2.24) is 4.90 Å². The maximum absolute atomic E-state index is 13.5. The maximum atomic E-state index is 13.5. The van der Waals surface area contributed by atoms with Crippen molar-refractivity contribution in [3.8, 4) is 0 Å². The van der Waals surface area contributed by atoms with Gasteiger partial charge in [0.05, 0.1) is 18.8 Å². The average molecular weight is 329 g/mol. The van der Waals surface area contributed by atoms with E-state index in [2.05, 4.69) is 0 Å². The summed E-state index contributed by atoms with van der Waals surface area (Å²) in [5.74, 6) is -0.512. The van der Waals surface area contributed by atoms with Crippen molar-refractivity contribution in [2.24, 2.45) is 0 Å². The van der Waals surface area contributed by atoms with Gasteiger partial charge in [0, 0.05) is 19.2 Å². The van der Waals surface area contributed by atoms with Gasteiger partial charge in [-0.05, 0) is 41.8 Å². The smallest absolute Gasteiger partial charge is 0.254 e. The molecule has 2 aromatic rings. The first-order chi connectivity index (χ1) is 11.6. The number of benzene rings is 2. The highest BCUT2D eigenvalue weighted by Gasteiger charge is 2.35. The third-order valence-corrected chi connectivity index (χ3v) is 4.26. The maximum Gasteiger partial charge on any atom is 0.254 e. The van der Waals surface area contributed by atoms with Gasteiger partial charge in [-0.3, -0.25) is 4.79 Å². The molecule has 1 aliphatic heterocycles. The van der Waals surface area contributed by atoms with E-state index < -0.39 is 6.10 Å². The topological polar surface area (TPSA) is 49.8 Å². The zero-order valence-electron chi connectivity index (χ0n) is 13.5. The Morgan fingerprint density at radius 2 is 2.08 bits per heavy atom. The lowest BCUT2D eigenvalue weighted by Gasteiger charge is -2.25. The first kappa shape index (κ1) is 16.6. The second-order valence-electron chi connectivity index (χ2n) is 6.05. The monoisotopic (exact) mass is 329 g/mol. The molecule has 1 saturated heterocycles. The lowest BCUT2D eigenvalue weighted by Crippen LogP contribution is -2.31. The SMILES string of the molecule is COCc1cccc(C(=O)N2C[C@@H](O)C[C@@H]2c2cccc(F)c2)c1. The fourth-order valence-corrected chi connectivity index (χ4v) is 3.19. The minimum atomic E-state index is -0.607. The van der Waals surface area contributed by atoms with E-state index in [1.54, 1.807) is 36.3 Å². The van der Waals surface area contributed by atoms with Crippen LogP contribution in [0.1, 0.15) is 33.9 Å². The molecule has 0 unspecified atom stereocenters. The van der Waals surface area contributed by atoms with Crippen molar-refractivity contribution in [3.05, 3.63) is 71.0 Å². The summed E-state index contributed by atoms with van der Waals surface area (Å²) < 4.78 is 18.6. The van der Waals surface area contributed by atoms with Crippen LogP contribution in [0.3, 0.4) is 0 Å². The number of rotatable bonds is 4. The van der Waals surface area contributed by atoms with Gasteiger partial charge in [0.25, 0.3) is 5.91 Å². The van der Waals surface area contributed by atoms with Gasteiger partial charge in [0.2, 0.25) is 0 Å². The molecular formula is C19H20FNO3. The van der Waals surface area contributed by atoms with Gasteiger partial charge in [0.1, 0.15) is 5.82 Å². The highest BCUT2D eigenvalue weighted by Crippen LogP contribution is 2.33. The van der Waals surface area contributed by atoms with Crippen LogP contribution in [0.5, 0.6) is 0 Å². The normalized spacial score (nSPS) is 20.4. The Labute approximate surface area is 140 Å². The molecule has 1 heterocycles. The fourth-order valence-electron chi connectivity index (χ4n) is 3.19. The summed E-state index contributed by atoms with van der Waals surface area (Å²) in [7, 11) is 1.60. The van der Waals surface area contributed by atoms with E-state index in [-0.39, 0.29) is 24.3 Å². The van der Waals surface area contributed by atoms with Crippen molar-refractivity contribution >= 4 is 5.91 Å². The first-order valence-corrected chi connectivity index (χ1v) is 7.91. The molecule has 0 spiro atoms. The number of hydrogen-bond acceptors (Lipinski definition) is 3. The summed E-state index contributed by atoms with van der Waals surface area (Å²) in [5.41, 5.74) is 2.15. The molecule has 1 amide bonds. The summed E-state index contributed by atoms with van der Waals surface area (Å²) in [4.78, 5) is 14.5. The fraction of sp³-hybridized carbons (Fsp3) is 0.316. The Bertz CT molecular complexity index is 734. The number of nitrogens with zero attached hydrogens (tertiary/aromatic N) is 1. The van der Waals surface area contributed by atoms with Gasteiger partial charge in [-0.15, -0.1) is 0 Å². The second kappa shape index (κ2) is 7.11. The van der Waals surface area contributed by atoms with E-state index >= 15 is 0 Å². The highest BCUT2D eigenvalue weighted by molar-refractivity contribution is 5.95. The quantitative estimate of drug-likeness (QED) is 0.938. The molecule has 24 heavy (non-hydrogen) atoms. The summed E-state index contributed by atoms with van der Waals surface area (Å²) in [6.07, 6.45) is -0.197. The molecule has 2 aromatic carbocycles. The zero-order chi connectivity index (χ0) is 17.1. The van der Waals surface area contributed by atoms with Crippen LogP contribution in [-0.4, -0.2) is 35.7 Å². The van der Waals surface area contributed by atoms with Crippen LogP contribution in [0.2, 0.25) is 0 Å². The molecule has 1 fully saturated rings. The molecule has 1 N–H and O–H groups in total. The van der Waals surface area contributed by atoms with Crippen LogP contribution in [0.4, 0.5) is 4.39 Å². The van der Waals surface area contributed by atoms with E-state index in [1.165, 1.54) is 12.1 Å². The predicted octanol–water partition coefficient (Wildman–Crippen LogP) is 2.92. The van der Waals surface area contributed by atoms with Crippen LogP contribution < -0.4 is 0 Å². The number of amides is 1. The summed E-state index contributed by atoms with van der Waals surface area (Å²) >= 11 is 0. The van der Waals surface area contributed by atoms with Gasteiger partial charge in [-0.25, -0.2) is 4.39 Å². The lowest BCUT2D eigenvalue weighted by molar-refractivity contribution is 0.0715. The van der Waals surface area contributed by atoms with E-state index in [0.29, 0.717) is 24.2 Å². The number of methoxy groups -OCH3 is 1. The number of carbonyl (C=O) groups excluding carboxylic acids is 1. The largest absolute Gasteiger partial charge is 0.391 e. The average Bonchev–Trinajstić information content (AvgIpc) is 2.97. The summed E-state index contributed by atoms with van der Waals surface area (Å²) in [6.45, 7) is 0.672. The summed E-state index contributed by atoms with van der Waals surface area (Å²) in [6, 6.07) is 13.1. The van der Waals surface area contributed by atoms with Gasteiger partial charge in [-0.2, -0.15) is 0 Å². The Morgan fingerprint density at radius 1 is 1.29 bits per heavy atom. The molecule has 1 aliphatic rings. The number of hydrogen-bond donors (Lipinski definition) is 1. The molecule has 0 aromatic heterocycles. The van der Waals surface area contributed by atoms with Gasteiger partial charge in [0.15, 0.2) is 0 Å². The Balaban J connectivity index is 1.88. The minimum Gasteiger partial charge on any atom is -0.391 e. The van der Waals surface area contributed by atoms with Crippen LogP contribution in [0.15, 0.2) is 48.5 Å². The standard InChI is InChI=1S/C19H20FNO3/c1-24-12-13-4-2-6-15(8-13)19(23)21-11-17(22)10-18(21)14-5-3-7-16(20)9-14/h2-9,17-18,22H,10-12H2,1H3/t17-,18+/m0/s1. The van der Waals surface area contributed by atoms with Crippen LogP contribution in [-0.2, 0) is 11.3 Å². The Hall–Kier alpha value is -2.24. The summed E-state index contributed by atoms with van der Waals surface area (Å²) in [5, 5.41) is 10.0. The number of ether oxygens (including phenoxy) is 1. The molecule has 5 heteroatoms. The molecule has 0 saturated carbocycles. The molecule has 126 valence electrons. The third kappa shape index (κ3) is 3.47. The van der Waals surface area contributed by atoms with Gasteiger partial charge >= 0.3 is 0 Å². The predicted molar refractivity (Wildman–Crippen MR) is 88.0 cm³/mol. The van der Waals surface area contributed by atoms with Crippen LogP contribution >= 0.6 is 0 Å². The van der Waals surface area contributed by atoms with Gasteiger partial charge < -0.3 is 14.7 Å². The highest BCUT2D eigenvalue weighted by atomic mass is 19.1. The number of likely N-dealkylation sites (tertiary alicyclic amines) is 1. The zero-order valence-corrected chi connectivity index (χ0v) is 13.5. The van der Waals surface area contributed by atoms with Crippen molar-refractivity contribution < 1.29 is 19.0 Å².